The Bertz CT molecular complexity index is 449. The zero-order valence-corrected chi connectivity index (χ0v) is 13.7. The fourth-order valence-electron chi connectivity index (χ4n) is 1.73. The summed E-state index contributed by atoms with van der Waals surface area (Å²) in [7, 11) is 0. The topological polar surface area (TPSA) is 58.6 Å². The Morgan fingerprint density at radius 3 is 2.75 bits per heavy atom. The molecule has 1 rings (SSSR count). The summed E-state index contributed by atoms with van der Waals surface area (Å²) < 4.78 is 6.52. The van der Waals surface area contributed by atoms with Crippen molar-refractivity contribution in [2.45, 2.75) is 45.8 Å². The molecule has 2 N–H and O–H groups in total. The second-order valence-corrected chi connectivity index (χ2v) is 5.68. The molecule has 0 radical (unpaired) electrons. The van der Waals surface area contributed by atoms with E-state index in [0.717, 1.165) is 17.3 Å². The molecule has 4 nitrogen and oxygen atoms in total. The number of nitrogens with one attached hydrogen (secondary N) is 1. The summed E-state index contributed by atoms with van der Waals surface area (Å²) in [6.07, 6.45) is 0.743. The van der Waals surface area contributed by atoms with Gasteiger partial charge in [-0.15, -0.1) is 0 Å². The monoisotopic (exact) mass is 343 g/mol. The predicted molar refractivity (Wildman–Crippen MR) is 82.8 cm³/mol. The number of aliphatic hydroxyl groups excluding tert-OH is 1. The normalized spacial score (nSPS) is 13.7. The third kappa shape index (κ3) is 5.13. The fourth-order valence-corrected chi connectivity index (χ4v) is 2.11. The fraction of sp³-hybridized carbons (Fsp3) is 0.533. The lowest BCUT2D eigenvalue weighted by Gasteiger charge is -2.18. The Morgan fingerprint density at radius 1 is 1.45 bits per heavy atom. The summed E-state index contributed by atoms with van der Waals surface area (Å²) >= 11 is 3.36. The first kappa shape index (κ1) is 17.0. The third-order valence-electron chi connectivity index (χ3n) is 2.92. The van der Waals surface area contributed by atoms with Crippen LogP contribution in [0.5, 0.6) is 5.75 Å². The highest BCUT2D eigenvalue weighted by Gasteiger charge is 2.17. The molecule has 0 spiro atoms. The molecule has 2 atom stereocenters. The summed E-state index contributed by atoms with van der Waals surface area (Å²) in [6, 6.07) is 5.37. The Kier molecular flexibility index (Phi) is 7.02. The number of carbonyl (C=O) groups excluding carboxylic acids is 1. The summed E-state index contributed by atoms with van der Waals surface area (Å²) in [6.45, 7) is 6.10. The van der Waals surface area contributed by atoms with Gasteiger partial charge in [-0.25, -0.2) is 0 Å². The van der Waals surface area contributed by atoms with Crippen LogP contribution in [0.25, 0.3) is 0 Å². The number of amides is 1. The Morgan fingerprint density at radius 2 is 2.15 bits per heavy atom. The Hall–Kier alpha value is -1.07. The maximum atomic E-state index is 11.9. The number of carbonyl (C=O) groups is 1. The van der Waals surface area contributed by atoms with Gasteiger partial charge in [-0.3, -0.25) is 4.79 Å². The SMILES string of the molecule is CCCCNC(=O)C(C)Oc1ccc(Br)cc1[C@H](C)O. The van der Waals surface area contributed by atoms with Crippen molar-refractivity contribution in [3.05, 3.63) is 28.2 Å². The van der Waals surface area contributed by atoms with Crippen molar-refractivity contribution in [2.75, 3.05) is 6.54 Å². The van der Waals surface area contributed by atoms with Gasteiger partial charge in [0.15, 0.2) is 6.10 Å². The average Bonchev–Trinajstić information content (AvgIpc) is 2.40. The van der Waals surface area contributed by atoms with Gasteiger partial charge in [0.2, 0.25) is 0 Å². The molecule has 20 heavy (non-hydrogen) atoms. The van der Waals surface area contributed by atoms with Gasteiger partial charge in [0, 0.05) is 16.6 Å². The minimum atomic E-state index is -0.655. The molecule has 0 aromatic heterocycles. The van der Waals surface area contributed by atoms with E-state index in [0.29, 0.717) is 17.9 Å². The number of halogens is 1. The molecule has 0 aliphatic rings. The van der Waals surface area contributed by atoms with Crippen LogP contribution >= 0.6 is 15.9 Å². The molecule has 0 saturated carbocycles. The van der Waals surface area contributed by atoms with Crippen LogP contribution < -0.4 is 10.1 Å². The molecule has 0 fully saturated rings. The number of ether oxygens (including phenoxy) is 1. The number of rotatable bonds is 7. The number of benzene rings is 1. The van der Waals surface area contributed by atoms with Crippen LogP contribution in [0.4, 0.5) is 0 Å². The first-order chi connectivity index (χ1) is 9.45. The predicted octanol–water partition coefficient (Wildman–Crippen LogP) is 3.19. The van der Waals surface area contributed by atoms with E-state index in [9.17, 15) is 9.90 Å². The van der Waals surface area contributed by atoms with E-state index in [2.05, 4.69) is 28.2 Å². The summed E-state index contributed by atoms with van der Waals surface area (Å²) in [4.78, 5) is 11.9. The molecular formula is C15H22BrNO3. The van der Waals surface area contributed by atoms with Crippen molar-refractivity contribution in [2.24, 2.45) is 0 Å². The van der Waals surface area contributed by atoms with E-state index in [1.54, 1.807) is 26.0 Å². The minimum Gasteiger partial charge on any atom is -0.481 e. The molecule has 112 valence electrons. The number of unbranched alkanes of at least 4 members (excludes halogenated alkanes) is 1. The van der Waals surface area contributed by atoms with Crippen molar-refractivity contribution in [3.8, 4) is 5.75 Å². The first-order valence-corrected chi connectivity index (χ1v) is 7.66. The largest absolute Gasteiger partial charge is 0.481 e. The Balaban J connectivity index is 2.70. The molecule has 0 bridgehead atoms. The van der Waals surface area contributed by atoms with Crippen LogP contribution in [0.3, 0.4) is 0 Å². The van der Waals surface area contributed by atoms with Gasteiger partial charge in [0.25, 0.3) is 5.91 Å². The van der Waals surface area contributed by atoms with Gasteiger partial charge in [-0.2, -0.15) is 0 Å². The molecule has 1 amide bonds. The second-order valence-electron chi connectivity index (χ2n) is 4.76. The van der Waals surface area contributed by atoms with Gasteiger partial charge >= 0.3 is 0 Å². The smallest absolute Gasteiger partial charge is 0.260 e. The van der Waals surface area contributed by atoms with Crippen LogP contribution in [0.1, 0.15) is 45.3 Å². The zero-order valence-electron chi connectivity index (χ0n) is 12.1. The number of aliphatic hydroxyl groups is 1. The standard InChI is InChI=1S/C15H22BrNO3/c1-4-5-8-17-15(19)11(3)20-14-7-6-12(16)9-13(14)10(2)18/h6-7,9-11,18H,4-5,8H2,1-3H3,(H,17,19)/t10-,11?/m0/s1. The van der Waals surface area contributed by atoms with Crippen molar-refractivity contribution in [1.82, 2.24) is 5.32 Å². The second kappa shape index (κ2) is 8.27. The lowest BCUT2D eigenvalue weighted by molar-refractivity contribution is -0.127. The van der Waals surface area contributed by atoms with E-state index in [1.165, 1.54) is 0 Å². The van der Waals surface area contributed by atoms with Gasteiger partial charge in [0.1, 0.15) is 5.75 Å². The number of hydrogen-bond acceptors (Lipinski definition) is 3. The van der Waals surface area contributed by atoms with E-state index < -0.39 is 12.2 Å². The highest BCUT2D eigenvalue weighted by Crippen LogP contribution is 2.29. The first-order valence-electron chi connectivity index (χ1n) is 6.87. The molecule has 1 aromatic rings. The van der Waals surface area contributed by atoms with E-state index in [4.69, 9.17) is 4.74 Å². The molecule has 1 aromatic carbocycles. The molecule has 1 unspecified atom stereocenters. The van der Waals surface area contributed by atoms with Gasteiger partial charge < -0.3 is 15.2 Å². The maximum absolute atomic E-state index is 11.9. The lowest BCUT2D eigenvalue weighted by atomic mass is 10.1. The maximum Gasteiger partial charge on any atom is 0.260 e. The third-order valence-corrected chi connectivity index (χ3v) is 3.42. The average molecular weight is 344 g/mol. The highest BCUT2D eigenvalue weighted by atomic mass is 79.9. The van der Waals surface area contributed by atoms with Crippen LogP contribution in [0, 0.1) is 0 Å². The lowest BCUT2D eigenvalue weighted by Crippen LogP contribution is -2.37. The quantitative estimate of drug-likeness (QED) is 0.747. The van der Waals surface area contributed by atoms with Crippen LogP contribution in [-0.4, -0.2) is 23.7 Å². The van der Waals surface area contributed by atoms with Crippen molar-refractivity contribution in [3.63, 3.8) is 0 Å². The highest BCUT2D eigenvalue weighted by molar-refractivity contribution is 9.10. The van der Waals surface area contributed by atoms with Crippen LogP contribution in [-0.2, 0) is 4.79 Å². The molecule has 0 saturated heterocycles. The van der Waals surface area contributed by atoms with E-state index in [1.807, 2.05) is 6.07 Å². The number of hydrogen-bond donors (Lipinski definition) is 2. The van der Waals surface area contributed by atoms with Gasteiger partial charge in [0.05, 0.1) is 6.10 Å². The van der Waals surface area contributed by atoms with Crippen molar-refractivity contribution in [1.29, 1.82) is 0 Å². The molecule has 0 aliphatic heterocycles. The van der Waals surface area contributed by atoms with Crippen molar-refractivity contribution < 1.29 is 14.6 Å². The minimum absolute atomic E-state index is 0.141. The van der Waals surface area contributed by atoms with E-state index in [-0.39, 0.29) is 5.91 Å². The van der Waals surface area contributed by atoms with Crippen LogP contribution in [0.2, 0.25) is 0 Å². The molecular weight excluding hydrogens is 322 g/mol. The van der Waals surface area contributed by atoms with E-state index >= 15 is 0 Å². The Labute approximate surface area is 128 Å². The van der Waals surface area contributed by atoms with Gasteiger partial charge in [-0.1, -0.05) is 29.3 Å². The summed E-state index contributed by atoms with van der Waals surface area (Å²) in [5.74, 6) is 0.388. The summed E-state index contributed by atoms with van der Waals surface area (Å²) in [5, 5.41) is 12.6. The zero-order chi connectivity index (χ0) is 15.1. The van der Waals surface area contributed by atoms with Gasteiger partial charge in [-0.05, 0) is 38.5 Å². The molecule has 0 aliphatic carbocycles. The van der Waals surface area contributed by atoms with Crippen LogP contribution in [0.15, 0.2) is 22.7 Å². The van der Waals surface area contributed by atoms with Crippen molar-refractivity contribution >= 4 is 21.8 Å². The molecule has 0 heterocycles. The molecule has 5 heteroatoms. The summed E-state index contributed by atoms with van der Waals surface area (Å²) in [5.41, 5.74) is 0.660.